The van der Waals surface area contributed by atoms with Crippen molar-refractivity contribution >= 4 is 49.9 Å². The Kier molecular flexibility index (Phi) is 12.7. The number of aromatic nitrogens is 2. The van der Waals surface area contributed by atoms with Crippen LogP contribution in [0.4, 0.5) is 0 Å². The van der Waals surface area contributed by atoms with Crippen molar-refractivity contribution in [1.29, 1.82) is 0 Å². The smallest absolute Gasteiger partial charge is 0.476 e. The number of fused-ring (bicyclic) bond motifs is 2. The number of nitrogens with one attached hydrogen (secondary N) is 1. The SMILES string of the molecule is CC(C)C[C@H](CC(=O)[C@H](Cc1cccc2ccccc12)NC(=O)c1cnccn1)[B-]12OCC[N+]1(CCCC(=O)CC(P(C)(=O)O)P(=O)(O)O)CCO2. The van der Waals surface area contributed by atoms with Crippen molar-refractivity contribution in [3.8, 4) is 0 Å². The highest BCUT2D eigenvalue weighted by molar-refractivity contribution is 7.73. The average molecular weight is 759 g/mol. The second-order valence-electron chi connectivity index (χ2n) is 14.7. The molecule has 5 rings (SSSR count). The Bertz CT molecular complexity index is 1820. The molecule has 282 valence electrons. The van der Waals surface area contributed by atoms with Gasteiger partial charge < -0.3 is 33.7 Å². The Morgan fingerprint density at radius 1 is 0.981 bits per heavy atom. The van der Waals surface area contributed by atoms with Gasteiger partial charge in [-0.3, -0.25) is 28.5 Å². The molecule has 2 aliphatic heterocycles. The first-order chi connectivity index (χ1) is 24.5. The number of amides is 1. The standard InChI is InChI=1S/C35H49BN4O10P2/c1-25(2)20-28(36-40(16-18-49-36,17-19-50-36)15-7-11-29(41)23-34(51(3,44)45)52(46,47)48)22-33(42)31(39-35(43)32-24-37-13-14-38-32)21-27-10-6-9-26-8-4-5-12-30(26)27/h4-6,8-10,12-14,24-25,28,31,34H,7,11,15-23H2,1-3H3,(H,39,43)(H,44,45)(H2,46,47,48)/t28-,31+,34?,36?,40?/m1/s1. The lowest BCUT2D eigenvalue weighted by molar-refractivity contribution is -0.823. The second-order valence-corrected chi connectivity index (χ2v) is 19.5. The lowest BCUT2D eigenvalue weighted by atomic mass is 9.51. The number of rotatable bonds is 18. The van der Waals surface area contributed by atoms with Crippen molar-refractivity contribution in [3.05, 3.63) is 72.3 Å². The monoisotopic (exact) mass is 758 g/mol. The summed E-state index contributed by atoms with van der Waals surface area (Å²) in [5.41, 5.74) is 1.00. The highest BCUT2D eigenvalue weighted by Crippen LogP contribution is 2.61. The molecule has 0 spiro atoms. The summed E-state index contributed by atoms with van der Waals surface area (Å²) in [5.74, 6) is -1.38. The van der Waals surface area contributed by atoms with Gasteiger partial charge in [-0.15, -0.1) is 0 Å². The van der Waals surface area contributed by atoms with E-state index in [0.29, 0.717) is 50.1 Å². The van der Waals surface area contributed by atoms with Gasteiger partial charge in [0, 0.05) is 44.9 Å². The first kappa shape index (κ1) is 40.1. The number of carbonyl (C=O) groups is 3. The van der Waals surface area contributed by atoms with Crippen LogP contribution in [0.5, 0.6) is 0 Å². The van der Waals surface area contributed by atoms with E-state index in [-0.39, 0.29) is 42.5 Å². The molecule has 2 fully saturated rings. The number of hydrogen-bond donors (Lipinski definition) is 4. The fourth-order valence-electron chi connectivity index (χ4n) is 8.22. The second kappa shape index (κ2) is 16.5. The summed E-state index contributed by atoms with van der Waals surface area (Å²) >= 11 is 0. The van der Waals surface area contributed by atoms with Gasteiger partial charge in [0.2, 0.25) is 7.37 Å². The van der Waals surface area contributed by atoms with Crippen LogP contribution in [-0.2, 0) is 34.4 Å². The van der Waals surface area contributed by atoms with Crippen LogP contribution in [0, 0.1) is 5.92 Å². The van der Waals surface area contributed by atoms with Crippen molar-refractivity contribution in [2.45, 2.75) is 69.6 Å². The van der Waals surface area contributed by atoms with Gasteiger partial charge >= 0.3 is 14.3 Å². The average Bonchev–Trinajstić information content (AvgIpc) is 3.62. The molecule has 1 amide bonds. The number of Topliss-reactive ketones (excluding diaryl/α,β-unsaturated/α-hetero) is 2. The molecule has 0 radical (unpaired) electrons. The van der Waals surface area contributed by atoms with Gasteiger partial charge in [0.1, 0.15) is 16.9 Å². The molecule has 2 aliphatic rings. The van der Waals surface area contributed by atoms with Crippen LogP contribution in [0.15, 0.2) is 61.1 Å². The highest BCUT2D eigenvalue weighted by atomic mass is 31.2. The van der Waals surface area contributed by atoms with Crippen LogP contribution in [0.1, 0.15) is 62.0 Å². The van der Waals surface area contributed by atoms with Gasteiger partial charge in [0.15, 0.2) is 5.78 Å². The van der Waals surface area contributed by atoms with Crippen LogP contribution in [0.3, 0.4) is 0 Å². The third kappa shape index (κ3) is 9.14. The maximum atomic E-state index is 14.5. The van der Waals surface area contributed by atoms with Gasteiger partial charge in [-0.25, -0.2) is 4.98 Å². The summed E-state index contributed by atoms with van der Waals surface area (Å²) in [6, 6.07) is 12.9. The van der Waals surface area contributed by atoms with E-state index in [9.17, 15) is 38.2 Å². The number of ketones is 2. The molecular weight excluding hydrogens is 709 g/mol. The Hall–Kier alpha value is -3.13. The van der Waals surface area contributed by atoms with Crippen molar-refractivity contribution in [2.24, 2.45) is 5.92 Å². The summed E-state index contributed by atoms with van der Waals surface area (Å²) in [4.78, 5) is 78.2. The van der Waals surface area contributed by atoms with Crippen molar-refractivity contribution in [2.75, 3.05) is 39.5 Å². The van der Waals surface area contributed by atoms with E-state index in [1.54, 1.807) is 0 Å². The molecule has 1 aromatic heterocycles. The largest absolute Gasteiger partial charge is 0.509 e. The molecule has 17 heteroatoms. The van der Waals surface area contributed by atoms with E-state index in [0.717, 1.165) is 23.0 Å². The van der Waals surface area contributed by atoms with E-state index in [1.165, 1.54) is 18.6 Å². The molecule has 14 nitrogen and oxygen atoms in total. The molecule has 0 bridgehead atoms. The normalized spacial score (nSPS) is 23.1. The van der Waals surface area contributed by atoms with E-state index >= 15 is 0 Å². The first-order valence-corrected chi connectivity index (χ1v) is 21.6. The van der Waals surface area contributed by atoms with Gasteiger partial charge in [0.25, 0.3) is 5.91 Å². The minimum absolute atomic E-state index is 0.0437. The third-order valence-corrected chi connectivity index (χ3v) is 15.0. The lowest BCUT2D eigenvalue weighted by Gasteiger charge is -2.51. The van der Waals surface area contributed by atoms with Crippen LogP contribution >= 0.6 is 15.0 Å². The first-order valence-electron chi connectivity index (χ1n) is 17.8. The fourth-order valence-corrected chi connectivity index (χ4v) is 11.4. The molecule has 3 aromatic rings. The van der Waals surface area contributed by atoms with E-state index in [1.807, 2.05) is 42.5 Å². The van der Waals surface area contributed by atoms with E-state index in [4.69, 9.17) is 9.31 Å². The maximum absolute atomic E-state index is 14.5. The molecule has 4 N–H and O–H groups in total. The molecular formula is C35H49BN4O10P2. The predicted octanol–water partition coefficient (Wildman–Crippen LogP) is 4.31. The van der Waals surface area contributed by atoms with E-state index < -0.39 is 51.2 Å². The summed E-state index contributed by atoms with van der Waals surface area (Å²) in [7, 11) is -9.22. The number of benzene rings is 2. The molecule has 2 unspecified atom stereocenters. The summed E-state index contributed by atoms with van der Waals surface area (Å²) in [6.45, 7) is 5.35. The number of carbonyl (C=O) groups excluding carboxylic acids is 3. The predicted molar refractivity (Wildman–Crippen MR) is 197 cm³/mol. The van der Waals surface area contributed by atoms with Gasteiger partial charge in [-0.2, -0.15) is 0 Å². The van der Waals surface area contributed by atoms with Crippen molar-refractivity contribution in [1.82, 2.24) is 15.3 Å². The van der Waals surface area contributed by atoms with Gasteiger partial charge in [-0.1, -0.05) is 62.7 Å². The Morgan fingerprint density at radius 2 is 1.67 bits per heavy atom. The minimum atomic E-state index is -4.98. The molecule has 2 aromatic carbocycles. The molecule has 4 atom stereocenters. The van der Waals surface area contributed by atoms with Crippen molar-refractivity contribution in [3.63, 3.8) is 0 Å². The van der Waals surface area contributed by atoms with Crippen LogP contribution < -0.4 is 5.32 Å². The third-order valence-electron chi connectivity index (χ3n) is 10.6. The van der Waals surface area contributed by atoms with Crippen molar-refractivity contribution < 1.29 is 51.9 Å². The van der Waals surface area contributed by atoms with Crippen LogP contribution in [-0.4, -0.2) is 104 Å². The summed E-state index contributed by atoms with van der Waals surface area (Å²) < 4.78 is 37.6. The molecule has 3 heterocycles. The van der Waals surface area contributed by atoms with Crippen LogP contribution in [0.2, 0.25) is 5.82 Å². The molecule has 0 saturated carbocycles. The lowest BCUT2D eigenvalue weighted by Crippen LogP contribution is -2.66. The quantitative estimate of drug-likeness (QED) is 0.106. The van der Waals surface area contributed by atoms with E-state index in [2.05, 4.69) is 29.1 Å². The molecule has 52 heavy (non-hydrogen) atoms. The zero-order valence-electron chi connectivity index (χ0n) is 29.9. The van der Waals surface area contributed by atoms with Gasteiger partial charge in [0.05, 0.1) is 38.5 Å². The Morgan fingerprint density at radius 3 is 2.31 bits per heavy atom. The maximum Gasteiger partial charge on any atom is 0.476 e. The summed E-state index contributed by atoms with van der Waals surface area (Å²) in [5, 5.41) is 3.00. The highest BCUT2D eigenvalue weighted by Gasteiger charge is 2.62. The summed E-state index contributed by atoms with van der Waals surface area (Å²) in [6.07, 6.45) is 4.76. The molecule has 2 saturated heterocycles. The molecule has 0 aliphatic carbocycles. The Balaban J connectivity index is 1.38. The van der Waals surface area contributed by atoms with Crippen LogP contribution in [0.25, 0.3) is 10.8 Å². The number of hydrogen-bond acceptors (Lipinski definition) is 9. The minimum Gasteiger partial charge on any atom is -0.509 e. The van der Waals surface area contributed by atoms with Gasteiger partial charge in [-0.05, 0) is 40.9 Å². The number of quaternary nitrogens is 1. The Labute approximate surface area is 303 Å². The zero-order chi connectivity index (χ0) is 37.7. The number of nitrogens with zero attached hydrogens (tertiary/aromatic N) is 3. The topological polar surface area (TPSA) is 202 Å². The fraction of sp³-hybridized carbons (Fsp3) is 0.514. The zero-order valence-corrected chi connectivity index (χ0v) is 31.7.